The van der Waals surface area contributed by atoms with Crippen molar-refractivity contribution in [3.05, 3.63) is 58.8 Å². The van der Waals surface area contributed by atoms with Crippen molar-refractivity contribution in [2.24, 2.45) is 0 Å². The highest BCUT2D eigenvalue weighted by atomic mass is 35.5. The van der Waals surface area contributed by atoms with Crippen LogP contribution in [-0.2, 0) is 16.6 Å². The van der Waals surface area contributed by atoms with Crippen LogP contribution in [0.1, 0.15) is 37.7 Å². The van der Waals surface area contributed by atoms with Crippen molar-refractivity contribution < 1.29 is 17.9 Å². The number of hydrogen-bond acceptors (Lipinski definition) is 8. The van der Waals surface area contributed by atoms with Crippen LogP contribution in [0.3, 0.4) is 0 Å². The molecule has 3 N–H and O–H groups in total. The third-order valence-electron chi connectivity index (χ3n) is 7.74. The molecule has 11 nitrogen and oxygen atoms in total. The fraction of sp³-hybridized carbons (Fsp3) is 0.481. The van der Waals surface area contributed by atoms with Gasteiger partial charge in [0.2, 0.25) is 21.7 Å². The number of aromatic nitrogens is 4. The lowest BCUT2D eigenvalue weighted by atomic mass is 10.1. The van der Waals surface area contributed by atoms with Crippen LogP contribution >= 0.6 is 11.6 Å². The predicted octanol–water partition coefficient (Wildman–Crippen LogP) is 3.46. The van der Waals surface area contributed by atoms with Gasteiger partial charge in [-0.2, -0.15) is 9.40 Å². The molecule has 0 amide bonds. The van der Waals surface area contributed by atoms with Gasteiger partial charge in [-0.1, -0.05) is 17.7 Å². The van der Waals surface area contributed by atoms with E-state index in [1.807, 2.05) is 18.2 Å². The van der Waals surface area contributed by atoms with E-state index in [1.54, 1.807) is 17.1 Å². The van der Waals surface area contributed by atoms with Crippen molar-refractivity contribution >= 4 is 33.3 Å². The lowest BCUT2D eigenvalue weighted by Crippen LogP contribution is -2.50. The molecular weight excluding hydrogens is 571 g/mol. The Balaban J connectivity index is 1.15. The Hall–Kier alpha value is -3.15. The number of piperidine rings is 1. The van der Waals surface area contributed by atoms with Crippen LogP contribution < -0.4 is 10.6 Å². The van der Waals surface area contributed by atoms with Crippen LogP contribution in [0, 0.1) is 6.57 Å². The van der Waals surface area contributed by atoms with E-state index in [9.17, 15) is 13.5 Å². The second-order valence-corrected chi connectivity index (χ2v) is 13.6. The van der Waals surface area contributed by atoms with Crippen molar-refractivity contribution in [2.75, 3.05) is 25.0 Å². The zero-order valence-electron chi connectivity index (χ0n) is 22.2. The summed E-state index contributed by atoms with van der Waals surface area (Å²) in [6.45, 7) is 8.72. The molecule has 0 spiro atoms. The van der Waals surface area contributed by atoms with Crippen LogP contribution in [0.25, 0.3) is 21.8 Å². The van der Waals surface area contributed by atoms with Gasteiger partial charge < -0.3 is 15.7 Å². The Bertz CT molecular complexity index is 1600. The largest absolute Gasteiger partial charge is 0.389 e. The fourth-order valence-electron chi connectivity index (χ4n) is 4.94. The molecule has 1 aliphatic heterocycles. The number of nitrogens with zero attached hydrogens (tertiary/aromatic N) is 6. The van der Waals surface area contributed by atoms with Crippen molar-refractivity contribution in [2.45, 2.75) is 61.7 Å². The van der Waals surface area contributed by atoms with Gasteiger partial charge in [-0.15, -0.1) is 0 Å². The van der Waals surface area contributed by atoms with Crippen molar-refractivity contribution in [1.29, 1.82) is 0 Å². The number of benzene rings is 1. The molecule has 41 heavy (non-hydrogen) atoms. The lowest BCUT2D eigenvalue weighted by molar-refractivity contribution is 0.147. The number of hydrogen-bond donors (Lipinski definition) is 3. The van der Waals surface area contributed by atoms with Gasteiger partial charge in [0, 0.05) is 44.1 Å². The molecule has 3 fully saturated rings. The second kappa shape index (κ2) is 10.9. The first-order chi connectivity index (χ1) is 19.6. The molecule has 0 unspecified atom stereocenters. The van der Waals surface area contributed by atoms with E-state index >= 15 is 4.39 Å². The minimum Gasteiger partial charge on any atom is -0.389 e. The summed E-state index contributed by atoms with van der Waals surface area (Å²) in [4.78, 5) is 12.2. The van der Waals surface area contributed by atoms with E-state index in [-0.39, 0.29) is 36.4 Å². The average molecular weight is 601 g/mol. The number of alkyl halides is 1. The van der Waals surface area contributed by atoms with Crippen LogP contribution in [-0.4, -0.2) is 80.3 Å². The second-order valence-electron chi connectivity index (χ2n) is 11.0. The van der Waals surface area contributed by atoms with Gasteiger partial charge in [0.25, 0.3) is 0 Å². The minimum absolute atomic E-state index is 0.150. The van der Waals surface area contributed by atoms with Gasteiger partial charge in [0.05, 0.1) is 46.1 Å². The summed E-state index contributed by atoms with van der Waals surface area (Å²) in [6.07, 6.45) is 6.43. The van der Waals surface area contributed by atoms with Gasteiger partial charge in [-0.25, -0.2) is 32.3 Å². The summed E-state index contributed by atoms with van der Waals surface area (Å²) in [5, 5.41) is 20.8. The van der Waals surface area contributed by atoms with Crippen molar-refractivity contribution in [3.8, 4) is 16.9 Å². The first kappa shape index (κ1) is 28.0. The van der Waals surface area contributed by atoms with Gasteiger partial charge >= 0.3 is 0 Å². The molecule has 1 saturated heterocycles. The predicted molar refractivity (Wildman–Crippen MR) is 152 cm³/mol. The Morgan fingerprint density at radius 2 is 2.05 bits per heavy atom. The number of sulfonamides is 1. The van der Waals surface area contributed by atoms with E-state index in [0.29, 0.717) is 47.9 Å². The third kappa shape index (κ3) is 6.07. The standard InChI is InChI=1S/C27H30ClFN8O3S/c1-30-23-13-32-26(34-22-6-9-36(15-21(22)29)41(39,40)19-3-4-19)35-25(23)18-12-33-37(14-18)24-5-2-17(10-20(24)28)11-31-16-27(38)7-8-27/h2,5,10,12-14,19,21-22,31,38H,3-4,6-9,11,15-16H2,(H,32,34,35)/t21-,22+/m1/s1. The molecule has 2 saturated carbocycles. The summed E-state index contributed by atoms with van der Waals surface area (Å²) in [5.41, 5.74) is 2.15. The van der Waals surface area contributed by atoms with E-state index in [4.69, 9.17) is 18.2 Å². The van der Waals surface area contributed by atoms with Crippen molar-refractivity contribution in [3.63, 3.8) is 0 Å². The summed E-state index contributed by atoms with van der Waals surface area (Å²) in [6, 6.07) is 4.96. The summed E-state index contributed by atoms with van der Waals surface area (Å²) >= 11 is 6.57. The number of nitrogens with one attached hydrogen (secondary N) is 2. The maximum Gasteiger partial charge on any atom is 0.231 e. The number of halogens is 2. The maximum atomic E-state index is 15.0. The Kier molecular flexibility index (Phi) is 7.46. The quantitative estimate of drug-likeness (QED) is 0.302. The summed E-state index contributed by atoms with van der Waals surface area (Å²) in [5.74, 6) is 0.150. The van der Waals surface area contributed by atoms with Crippen LogP contribution in [0.5, 0.6) is 0 Å². The van der Waals surface area contributed by atoms with Crippen molar-refractivity contribution in [1.82, 2.24) is 29.4 Å². The molecule has 14 heteroatoms. The molecule has 0 radical (unpaired) electrons. The van der Waals surface area contributed by atoms with Crippen LogP contribution in [0.15, 0.2) is 36.8 Å². The van der Waals surface area contributed by atoms with Crippen LogP contribution in [0.4, 0.5) is 16.0 Å². The van der Waals surface area contributed by atoms with Gasteiger partial charge in [-0.3, -0.25) is 0 Å². The molecule has 3 aromatic rings. The smallest absolute Gasteiger partial charge is 0.231 e. The number of aliphatic hydroxyl groups is 1. The number of anilines is 1. The minimum atomic E-state index is -3.43. The zero-order chi connectivity index (χ0) is 28.8. The first-order valence-electron chi connectivity index (χ1n) is 13.6. The van der Waals surface area contributed by atoms with E-state index in [2.05, 4.69) is 30.5 Å². The monoisotopic (exact) mass is 600 g/mol. The molecule has 1 aromatic carbocycles. The molecule has 3 aliphatic rings. The Morgan fingerprint density at radius 1 is 1.24 bits per heavy atom. The summed E-state index contributed by atoms with van der Waals surface area (Å²) in [7, 11) is -3.43. The Labute approximate surface area is 242 Å². The van der Waals surface area contributed by atoms with Gasteiger partial charge in [0.1, 0.15) is 6.17 Å². The maximum absolute atomic E-state index is 15.0. The molecule has 216 valence electrons. The van der Waals surface area contributed by atoms with E-state index in [0.717, 1.165) is 18.4 Å². The number of rotatable bonds is 10. The highest BCUT2D eigenvalue weighted by Gasteiger charge is 2.43. The molecule has 0 bridgehead atoms. The lowest BCUT2D eigenvalue weighted by Gasteiger charge is -2.34. The molecule has 2 atom stereocenters. The normalized spacial score (nSPS) is 22.3. The highest BCUT2D eigenvalue weighted by Crippen LogP contribution is 2.35. The zero-order valence-corrected chi connectivity index (χ0v) is 23.7. The van der Waals surface area contributed by atoms with E-state index < -0.39 is 27.8 Å². The van der Waals surface area contributed by atoms with E-state index in [1.165, 1.54) is 10.5 Å². The average Bonchev–Trinajstić information content (AvgIpc) is 3.88. The SMILES string of the molecule is [C-]#[N+]c1cnc(N[C@H]2CCN(S(=O)(=O)C3CC3)C[C@H]2F)nc1-c1cnn(-c2ccc(CNCC3(O)CC3)cc2Cl)c1. The molecule has 3 heterocycles. The van der Waals surface area contributed by atoms with Gasteiger partial charge in [-0.05, 0) is 49.8 Å². The fourth-order valence-corrected chi connectivity index (χ4v) is 7.09. The van der Waals surface area contributed by atoms with Gasteiger partial charge in [0.15, 0.2) is 0 Å². The first-order valence-corrected chi connectivity index (χ1v) is 15.4. The highest BCUT2D eigenvalue weighted by molar-refractivity contribution is 7.90. The topological polar surface area (TPSA) is 130 Å². The van der Waals surface area contributed by atoms with Crippen LogP contribution in [0.2, 0.25) is 5.02 Å². The summed E-state index contributed by atoms with van der Waals surface area (Å²) < 4.78 is 42.9. The Morgan fingerprint density at radius 3 is 2.73 bits per heavy atom. The third-order valence-corrected chi connectivity index (χ3v) is 10.4. The molecule has 2 aromatic heterocycles. The molecule has 6 rings (SSSR count). The molecular formula is C27H30ClFN8O3S. The molecule has 2 aliphatic carbocycles.